The van der Waals surface area contributed by atoms with Gasteiger partial charge in [-0.25, -0.2) is 0 Å². The second-order valence-corrected chi connectivity index (χ2v) is 9.05. The normalized spacial score (nSPS) is 13.4. The molecule has 6 rings (SSSR count). The molecule has 0 spiro atoms. The van der Waals surface area contributed by atoms with E-state index in [4.69, 9.17) is 0 Å². The molecule has 0 saturated carbocycles. The van der Waals surface area contributed by atoms with Crippen molar-refractivity contribution < 1.29 is 0 Å². The molecule has 0 nitrogen and oxygen atoms in total. The first kappa shape index (κ1) is 19.8. The van der Waals surface area contributed by atoms with Crippen molar-refractivity contribution in [3.05, 3.63) is 155 Å². The molecule has 0 atom stereocenters. The van der Waals surface area contributed by atoms with E-state index in [9.17, 15) is 0 Å². The van der Waals surface area contributed by atoms with Crippen LogP contribution in [0, 0.1) is 13.8 Å². The van der Waals surface area contributed by atoms with E-state index < -0.39 is 0 Å². The van der Waals surface area contributed by atoms with Gasteiger partial charge in [0.15, 0.2) is 0 Å². The Hall–Kier alpha value is -3.90. The van der Waals surface area contributed by atoms with Gasteiger partial charge in [0.05, 0.1) is 5.41 Å². The Morgan fingerprint density at radius 3 is 1.55 bits per heavy atom. The molecule has 0 aliphatic heterocycles. The summed E-state index contributed by atoms with van der Waals surface area (Å²) < 4.78 is 0. The summed E-state index contributed by atoms with van der Waals surface area (Å²) in [6.07, 6.45) is 0. The van der Waals surface area contributed by atoms with E-state index >= 15 is 0 Å². The van der Waals surface area contributed by atoms with Crippen LogP contribution in [0.3, 0.4) is 0 Å². The van der Waals surface area contributed by atoms with Crippen molar-refractivity contribution in [3.8, 4) is 22.3 Å². The van der Waals surface area contributed by atoms with E-state index in [2.05, 4.69) is 135 Å². The standard InChI is InChI=1S/C33H26/c1-23-12-6-9-17-29(23)33(30-18-10-7-13-24(30)2)31-19-11-8-16-27(31)28-22-26(20-21-32(28)33)25-14-4-3-5-15-25/h3-22H,1-2H3. The maximum absolute atomic E-state index is 2.39. The van der Waals surface area contributed by atoms with Crippen LogP contribution in [0.2, 0.25) is 0 Å². The maximum atomic E-state index is 2.39. The van der Waals surface area contributed by atoms with Crippen molar-refractivity contribution in [1.29, 1.82) is 0 Å². The number of fused-ring (bicyclic) bond motifs is 3. The molecule has 0 N–H and O–H groups in total. The van der Waals surface area contributed by atoms with Gasteiger partial charge >= 0.3 is 0 Å². The Bertz CT molecular complexity index is 1430. The Morgan fingerprint density at radius 2 is 0.909 bits per heavy atom. The van der Waals surface area contributed by atoms with Gasteiger partial charge in [0.1, 0.15) is 0 Å². The lowest BCUT2D eigenvalue weighted by Gasteiger charge is -2.36. The minimum absolute atomic E-state index is 0.335. The second-order valence-electron chi connectivity index (χ2n) is 9.05. The molecule has 0 bridgehead atoms. The van der Waals surface area contributed by atoms with E-state index in [1.807, 2.05) is 0 Å². The maximum Gasteiger partial charge on any atom is 0.0718 e. The van der Waals surface area contributed by atoms with Gasteiger partial charge in [-0.15, -0.1) is 0 Å². The molecule has 0 heteroatoms. The third kappa shape index (κ3) is 2.84. The highest BCUT2D eigenvalue weighted by Gasteiger charge is 2.47. The van der Waals surface area contributed by atoms with Crippen molar-refractivity contribution >= 4 is 0 Å². The summed E-state index contributed by atoms with van der Waals surface area (Å²) in [5, 5.41) is 0. The molecule has 0 unspecified atom stereocenters. The molecule has 0 aromatic heterocycles. The monoisotopic (exact) mass is 422 g/mol. The molecule has 5 aromatic carbocycles. The summed E-state index contributed by atoms with van der Waals surface area (Å²) in [5.41, 5.74) is 12.9. The highest BCUT2D eigenvalue weighted by atomic mass is 14.5. The van der Waals surface area contributed by atoms with Crippen LogP contribution < -0.4 is 0 Å². The fraction of sp³-hybridized carbons (Fsp3) is 0.0909. The van der Waals surface area contributed by atoms with Gasteiger partial charge < -0.3 is 0 Å². The topological polar surface area (TPSA) is 0 Å². The van der Waals surface area contributed by atoms with Gasteiger partial charge in [-0.2, -0.15) is 0 Å². The average Bonchev–Trinajstić information content (AvgIpc) is 3.16. The molecule has 1 aliphatic rings. The van der Waals surface area contributed by atoms with Gasteiger partial charge in [0.2, 0.25) is 0 Å². The molecule has 1 aliphatic carbocycles. The summed E-state index contributed by atoms with van der Waals surface area (Å²) in [5.74, 6) is 0. The van der Waals surface area contributed by atoms with Gasteiger partial charge in [-0.05, 0) is 75.5 Å². The van der Waals surface area contributed by atoms with E-state index in [-0.39, 0.29) is 5.41 Å². The molecule has 33 heavy (non-hydrogen) atoms. The Kier molecular flexibility index (Phi) is 4.55. The van der Waals surface area contributed by atoms with Crippen molar-refractivity contribution in [3.63, 3.8) is 0 Å². The molecule has 0 fully saturated rings. The first-order valence-corrected chi connectivity index (χ1v) is 11.6. The van der Waals surface area contributed by atoms with Crippen LogP contribution in [-0.4, -0.2) is 0 Å². The van der Waals surface area contributed by atoms with Gasteiger partial charge in [0, 0.05) is 0 Å². The third-order valence-corrected chi connectivity index (χ3v) is 7.25. The number of hydrogen-bond acceptors (Lipinski definition) is 0. The second kappa shape index (κ2) is 7.60. The molecule has 0 radical (unpaired) electrons. The van der Waals surface area contributed by atoms with Crippen LogP contribution >= 0.6 is 0 Å². The highest BCUT2D eigenvalue weighted by molar-refractivity contribution is 5.89. The molecule has 0 heterocycles. The Balaban J connectivity index is 1.76. The van der Waals surface area contributed by atoms with Crippen LogP contribution in [0.4, 0.5) is 0 Å². The quantitative estimate of drug-likeness (QED) is 0.269. The smallest absolute Gasteiger partial charge is 0.0622 e. The summed E-state index contributed by atoms with van der Waals surface area (Å²) in [6, 6.07) is 44.5. The summed E-state index contributed by atoms with van der Waals surface area (Å²) >= 11 is 0. The SMILES string of the molecule is Cc1ccccc1C1(c2ccccc2C)c2ccccc2-c2cc(-c3ccccc3)ccc21. The lowest BCUT2D eigenvalue weighted by Crippen LogP contribution is -2.30. The summed E-state index contributed by atoms with van der Waals surface area (Å²) in [4.78, 5) is 0. The number of aryl methyl sites for hydroxylation is 2. The van der Waals surface area contributed by atoms with E-state index in [0.29, 0.717) is 0 Å². The van der Waals surface area contributed by atoms with Crippen LogP contribution in [0.5, 0.6) is 0 Å². The minimum atomic E-state index is -0.335. The third-order valence-electron chi connectivity index (χ3n) is 7.25. The fourth-order valence-electron chi connectivity index (χ4n) is 5.81. The van der Waals surface area contributed by atoms with Gasteiger partial charge in [-0.3, -0.25) is 0 Å². The molecule has 0 saturated heterocycles. The van der Waals surface area contributed by atoms with Gasteiger partial charge in [-0.1, -0.05) is 115 Å². The number of rotatable bonds is 3. The summed E-state index contributed by atoms with van der Waals surface area (Å²) in [7, 11) is 0. The lowest BCUT2D eigenvalue weighted by molar-refractivity contribution is 0.754. The van der Waals surface area contributed by atoms with Crippen LogP contribution in [-0.2, 0) is 5.41 Å². The van der Waals surface area contributed by atoms with E-state index in [1.54, 1.807) is 0 Å². The Morgan fingerprint density at radius 1 is 0.394 bits per heavy atom. The highest BCUT2D eigenvalue weighted by Crippen LogP contribution is 2.57. The molecule has 0 amide bonds. The molecule has 5 aromatic rings. The predicted octanol–water partition coefficient (Wildman–Crippen LogP) is 8.33. The van der Waals surface area contributed by atoms with Crippen molar-refractivity contribution in [2.45, 2.75) is 19.3 Å². The van der Waals surface area contributed by atoms with E-state index in [0.717, 1.165) is 0 Å². The minimum Gasteiger partial charge on any atom is -0.0622 e. The van der Waals surface area contributed by atoms with Crippen LogP contribution in [0.1, 0.15) is 33.4 Å². The fourth-order valence-corrected chi connectivity index (χ4v) is 5.81. The summed E-state index contributed by atoms with van der Waals surface area (Å²) in [6.45, 7) is 4.49. The molecular weight excluding hydrogens is 396 g/mol. The largest absolute Gasteiger partial charge is 0.0718 e. The average molecular weight is 423 g/mol. The zero-order valence-corrected chi connectivity index (χ0v) is 19.0. The van der Waals surface area contributed by atoms with E-state index in [1.165, 1.54) is 55.6 Å². The number of hydrogen-bond donors (Lipinski definition) is 0. The Labute approximate surface area is 196 Å². The zero-order valence-electron chi connectivity index (χ0n) is 19.0. The molecule has 158 valence electrons. The van der Waals surface area contributed by atoms with Crippen LogP contribution in [0.25, 0.3) is 22.3 Å². The molecular formula is C33H26. The van der Waals surface area contributed by atoms with Crippen molar-refractivity contribution in [1.82, 2.24) is 0 Å². The first-order valence-electron chi connectivity index (χ1n) is 11.6. The lowest BCUT2D eigenvalue weighted by atomic mass is 9.65. The van der Waals surface area contributed by atoms with Crippen LogP contribution in [0.15, 0.2) is 121 Å². The first-order chi connectivity index (χ1) is 16.2. The van der Waals surface area contributed by atoms with Crippen molar-refractivity contribution in [2.75, 3.05) is 0 Å². The number of benzene rings is 5. The van der Waals surface area contributed by atoms with Gasteiger partial charge in [0.25, 0.3) is 0 Å². The zero-order chi connectivity index (χ0) is 22.4. The predicted molar refractivity (Wildman–Crippen MR) is 139 cm³/mol. The van der Waals surface area contributed by atoms with Crippen molar-refractivity contribution in [2.24, 2.45) is 0 Å².